The Morgan fingerprint density at radius 1 is 1.35 bits per heavy atom. The summed E-state index contributed by atoms with van der Waals surface area (Å²) >= 11 is 0. The lowest BCUT2D eigenvalue weighted by atomic mass is 9.85. The Labute approximate surface area is 120 Å². The van der Waals surface area contributed by atoms with Gasteiger partial charge in [0.15, 0.2) is 0 Å². The lowest BCUT2D eigenvalue weighted by molar-refractivity contribution is -0.0140. The number of rotatable bonds is 6. The highest BCUT2D eigenvalue weighted by Gasteiger charge is 2.23. The molecule has 0 aromatic carbocycles. The molecular weight excluding hydrogens is 252 g/mol. The van der Waals surface area contributed by atoms with Gasteiger partial charge in [0, 0.05) is 31.1 Å². The van der Waals surface area contributed by atoms with Crippen molar-refractivity contribution >= 4 is 5.69 Å². The average Bonchev–Trinajstić information content (AvgIpc) is 2.47. The minimum Gasteiger partial charge on any atom is -0.398 e. The Hall–Kier alpha value is -1.29. The molecule has 0 radical (unpaired) electrons. The number of pyridine rings is 1. The number of hydrogen-bond acceptors (Lipinski definition) is 3. The van der Waals surface area contributed by atoms with E-state index in [0.29, 0.717) is 18.3 Å². The van der Waals surface area contributed by atoms with Gasteiger partial charge in [0.25, 0.3) is 5.56 Å². The van der Waals surface area contributed by atoms with E-state index in [0.717, 1.165) is 18.9 Å². The number of ether oxygens (including phenoxy) is 1. The van der Waals surface area contributed by atoms with Gasteiger partial charge in [0.2, 0.25) is 0 Å². The van der Waals surface area contributed by atoms with Gasteiger partial charge < -0.3 is 15.0 Å². The third kappa shape index (κ3) is 4.10. The summed E-state index contributed by atoms with van der Waals surface area (Å²) in [5.74, 6) is 0.721. The van der Waals surface area contributed by atoms with Crippen molar-refractivity contribution in [3.63, 3.8) is 0 Å². The largest absolute Gasteiger partial charge is 0.398 e. The number of nitrogens with zero attached hydrogens (tertiary/aromatic N) is 1. The molecule has 112 valence electrons. The number of nitrogens with two attached hydrogens (primary N) is 1. The van der Waals surface area contributed by atoms with Crippen molar-refractivity contribution in [3.8, 4) is 0 Å². The standard InChI is InChI=1S/C16H26N2O2/c1-2-13-6-3-4-7-15(13)20-11-5-10-18-12-14(17)8-9-16(18)19/h8-9,12-13,15H,2-7,10-11,17H2,1H3. The Morgan fingerprint density at radius 2 is 2.15 bits per heavy atom. The van der Waals surface area contributed by atoms with Crippen LogP contribution in [0.25, 0.3) is 0 Å². The summed E-state index contributed by atoms with van der Waals surface area (Å²) in [6.07, 6.45) is 9.32. The molecule has 4 heteroatoms. The van der Waals surface area contributed by atoms with E-state index >= 15 is 0 Å². The molecule has 2 N–H and O–H groups in total. The first kappa shape index (κ1) is 15.1. The first-order chi connectivity index (χ1) is 9.70. The maximum Gasteiger partial charge on any atom is 0.250 e. The monoisotopic (exact) mass is 278 g/mol. The van der Waals surface area contributed by atoms with Gasteiger partial charge in [-0.2, -0.15) is 0 Å². The van der Waals surface area contributed by atoms with E-state index < -0.39 is 0 Å². The third-order valence-electron chi connectivity index (χ3n) is 4.25. The Morgan fingerprint density at radius 3 is 2.95 bits per heavy atom. The molecule has 1 aliphatic carbocycles. The van der Waals surface area contributed by atoms with Crippen LogP contribution in [0.2, 0.25) is 0 Å². The van der Waals surface area contributed by atoms with E-state index in [2.05, 4.69) is 6.92 Å². The fourth-order valence-electron chi connectivity index (χ4n) is 3.05. The summed E-state index contributed by atoms with van der Waals surface area (Å²) in [7, 11) is 0. The third-order valence-corrected chi connectivity index (χ3v) is 4.25. The van der Waals surface area contributed by atoms with Crippen molar-refractivity contribution < 1.29 is 4.74 Å². The van der Waals surface area contributed by atoms with E-state index in [1.165, 1.54) is 38.2 Å². The smallest absolute Gasteiger partial charge is 0.250 e. The molecule has 20 heavy (non-hydrogen) atoms. The van der Waals surface area contributed by atoms with Crippen molar-refractivity contribution in [1.82, 2.24) is 4.57 Å². The molecular formula is C16H26N2O2. The highest BCUT2D eigenvalue weighted by Crippen LogP contribution is 2.29. The van der Waals surface area contributed by atoms with Crippen molar-refractivity contribution in [1.29, 1.82) is 0 Å². The molecule has 1 saturated carbocycles. The zero-order chi connectivity index (χ0) is 14.4. The minimum absolute atomic E-state index is 0.00306. The summed E-state index contributed by atoms with van der Waals surface area (Å²) in [6.45, 7) is 3.65. The van der Waals surface area contributed by atoms with Gasteiger partial charge in [-0.25, -0.2) is 0 Å². The number of nitrogen functional groups attached to an aromatic ring is 1. The second-order valence-electron chi connectivity index (χ2n) is 5.71. The topological polar surface area (TPSA) is 57.2 Å². The van der Waals surface area contributed by atoms with E-state index in [1.54, 1.807) is 16.8 Å². The fourth-order valence-corrected chi connectivity index (χ4v) is 3.05. The highest BCUT2D eigenvalue weighted by atomic mass is 16.5. The van der Waals surface area contributed by atoms with E-state index in [4.69, 9.17) is 10.5 Å². The van der Waals surface area contributed by atoms with Gasteiger partial charge in [-0.1, -0.05) is 26.2 Å². The van der Waals surface area contributed by atoms with E-state index in [9.17, 15) is 4.79 Å². The second kappa shape index (κ2) is 7.48. The van der Waals surface area contributed by atoms with Gasteiger partial charge in [-0.3, -0.25) is 4.79 Å². The van der Waals surface area contributed by atoms with Gasteiger partial charge in [-0.05, 0) is 31.2 Å². The van der Waals surface area contributed by atoms with Gasteiger partial charge in [-0.15, -0.1) is 0 Å². The molecule has 1 aromatic heterocycles. The van der Waals surface area contributed by atoms with Crippen molar-refractivity contribution in [2.75, 3.05) is 12.3 Å². The minimum atomic E-state index is 0.00306. The fraction of sp³-hybridized carbons (Fsp3) is 0.688. The molecule has 2 unspecified atom stereocenters. The van der Waals surface area contributed by atoms with Crippen LogP contribution in [0.15, 0.2) is 23.1 Å². The molecule has 4 nitrogen and oxygen atoms in total. The number of aromatic nitrogens is 1. The quantitative estimate of drug-likeness (QED) is 0.814. The van der Waals surface area contributed by atoms with Crippen LogP contribution in [0.5, 0.6) is 0 Å². The lowest BCUT2D eigenvalue weighted by Gasteiger charge is -2.30. The maximum absolute atomic E-state index is 11.6. The Bertz CT molecular complexity index is 470. The Kier molecular flexibility index (Phi) is 5.65. The normalized spacial score (nSPS) is 22.9. The summed E-state index contributed by atoms with van der Waals surface area (Å²) in [6, 6.07) is 3.16. The van der Waals surface area contributed by atoms with Crippen LogP contribution < -0.4 is 11.3 Å². The lowest BCUT2D eigenvalue weighted by Crippen LogP contribution is -2.28. The molecule has 0 spiro atoms. The molecule has 0 amide bonds. The van der Waals surface area contributed by atoms with Crippen molar-refractivity contribution in [3.05, 3.63) is 28.7 Å². The van der Waals surface area contributed by atoms with Crippen LogP contribution in [-0.2, 0) is 11.3 Å². The zero-order valence-corrected chi connectivity index (χ0v) is 12.4. The predicted octanol–water partition coefficient (Wildman–Crippen LogP) is 2.81. The molecule has 1 aromatic rings. The summed E-state index contributed by atoms with van der Waals surface area (Å²) < 4.78 is 7.70. The number of aryl methyl sites for hydroxylation is 1. The molecule has 1 fully saturated rings. The Balaban J connectivity index is 1.75. The molecule has 2 rings (SSSR count). The summed E-state index contributed by atoms with van der Waals surface area (Å²) in [5, 5.41) is 0. The predicted molar refractivity (Wildman–Crippen MR) is 81.7 cm³/mol. The first-order valence-corrected chi connectivity index (χ1v) is 7.78. The summed E-state index contributed by atoms with van der Waals surface area (Å²) in [5.41, 5.74) is 6.33. The van der Waals surface area contributed by atoms with Crippen LogP contribution in [0.4, 0.5) is 5.69 Å². The molecule has 1 heterocycles. The summed E-state index contributed by atoms with van der Waals surface area (Å²) in [4.78, 5) is 11.6. The van der Waals surface area contributed by atoms with Crippen LogP contribution in [-0.4, -0.2) is 17.3 Å². The van der Waals surface area contributed by atoms with E-state index in [1.807, 2.05) is 0 Å². The van der Waals surface area contributed by atoms with Crippen LogP contribution >= 0.6 is 0 Å². The van der Waals surface area contributed by atoms with E-state index in [-0.39, 0.29) is 5.56 Å². The average molecular weight is 278 g/mol. The maximum atomic E-state index is 11.6. The molecule has 0 bridgehead atoms. The zero-order valence-electron chi connectivity index (χ0n) is 12.4. The molecule has 1 aliphatic rings. The van der Waals surface area contributed by atoms with Gasteiger partial charge in [0.1, 0.15) is 0 Å². The van der Waals surface area contributed by atoms with Crippen LogP contribution in [0.1, 0.15) is 45.4 Å². The highest BCUT2D eigenvalue weighted by molar-refractivity contribution is 5.33. The molecule has 0 aliphatic heterocycles. The molecule has 0 saturated heterocycles. The first-order valence-electron chi connectivity index (χ1n) is 7.78. The number of hydrogen-bond donors (Lipinski definition) is 1. The van der Waals surface area contributed by atoms with Gasteiger partial charge >= 0.3 is 0 Å². The van der Waals surface area contributed by atoms with Gasteiger partial charge in [0.05, 0.1) is 6.10 Å². The van der Waals surface area contributed by atoms with Crippen LogP contribution in [0, 0.1) is 5.92 Å². The second-order valence-corrected chi connectivity index (χ2v) is 5.71. The SMILES string of the molecule is CCC1CCCCC1OCCCn1cc(N)ccc1=O. The van der Waals surface area contributed by atoms with Crippen molar-refractivity contribution in [2.45, 2.75) is 58.1 Å². The van der Waals surface area contributed by atoms with Crippen molar-refractivity contribution in [2.24, 2.45) is 5.92 Å². The molecule has 2 atom stereocenters. The van der Waals surface area contributed by atoms with Crippen LogP contribution in [0.3, 0.4) is 0 Å². The number of anilines is 1.